The molecule has 0 bridgehead atoms. The Morgan fingerprint density at radius 2 is 0.867 bits per heavy atom. The van der Waals surface area contributed by atoms with Gasteiger partial charge in [-0.2, -0.15) is 0 Å². The standard InChI is InChI=1S/2CF3O2S.Zn/c2*2-1(3,4)7(5)6;. The van der Waals surface area contributed by atoms with E-state index in [1.54, 1.807) is 0 Å². The Morgan fingerprint density at radius 1 is 0.667 bits per heavy atom. The molecule has 0 unspecified atom stereocenters. The molecule has 0 aliphatic carbocycles. The van der Waals surface area contributed by atoms with Gasteiger partial charge in [0.15, 0.2) is 0 Å². The van der Waals surface area contributed by atoms with Gasteiger partial charge in [0.05, 0.1) is 0 Å². The van der Waals surface area contributed by atoms with Crippen LogP contribution in [0.5, 0.6) is 0 Å². The topological polar surface area (TPSA) is 68.3 Å². The van der Waals surface area contributed by atoms with E-state index in [1.807, 2.05) is 0 Å². The van der Waals surface area contributed by atoms with Gasteiger partial charge in [0.25, 0.3) is 0 Å². The molecule has 0 aromatic heterocycles. The van der Waals surface area contributed by atoms with Crippen molar-refractivity contribution in [1.82, 2.24) is 0 Å². The molecule has 0 rings (SSSR count). The SMILES string of the molecule is O=[S](=O)([Zn][S](=O)(=O)C(F)(F)F)C(F)(F)F. The molecule has 0 aliphatic heterocycles. The first-order valence-electron chi connectivity index (χ1n) is 2.79. The molecule has 0 N–H and O–H groups in total. The van der Waals surface area contributed by atoms with Crippen LogP contribution in [0.3, 0.4) is 0 Å². The van der Waals surface area contributed by atoms with Crippen molar-refractivity contribution in [1.29, 1.82) is 0 Å². The maximum absolute atomic E-state index is 11.6. The summed E-state index contributed by atoms with van der Waals surface area (Å²) in [7, 11) is -12.3. The Hall–Kier alpha value is 0.103. The third-order valence-electron chi connectivity index (χ3n) is 1.02. The van der Waals surface area contributed by atoms with Gasteiger partial charge >= 0.3 is 84.5 Å². The van der Waals surface area contributed by atoms with Crippen LogP contribution in [-0.4, -0.2) is 27.9 Å². The van der Waals surface area contributed by atoms with Crippen LogP contribution in [0.15, 0.2) is 0 Å². The summed E-state index contributed by atoms with van der Waals surface area (Å²) in [4.78, 5) is 0. The van der Waals surface area contributed by atoms with Crippen LogP contribution >= 0.6 is 0 Å². The monoisotopic (exact) mass is 330 g/mol. The molecule has 0 fully saturated rings. The predicted octanol–water partition coefficient (Wildman–Crippen LogP) is 0.768. The van der Waals surface area contributed by atoms with Gasteiger partial charge in [-0.1, -0.05) is 0 Å². The fourth-order valence-corrected chi connectivity index (χ4v) is 15.8. The van der Waals surface area contributed by atoms with Crippen LogP contribution in [0.4, 0.5) is 26.3 Å². The second kappa shape index (κ2) is 3.84. The second-order valence-corrected chi connectivity index (χ2v) is 20.6. The summed E-state index contributed by atoms with van der Waals surface area (Å²) < 4.78 is 110. The van der Waals surface area contributed by atoms with Crippen LogP contribution < -0.4 is 0 Å². The molecule has 0 aromatic carbocycles. The van der Waals surface area contributed by atoms with Crippen molar-refractivity contribution in [2.75, 3.05) is 0 Å². The van der Waals surface area contributed by atoms with Crippen molar-refractivity contribution >= 4 is 15.7 Å². The molecule has 0 aromatic rings. The van der Waals surface area contributed by atoms with E-state index >= 15 is 0 Å². The third kappa shape index (κ3) is 3.56. The number of hydrogen-bond donors (Lipinski definition) is 0. The fraction of sp³-hybridized carbons (Fsp3) is 1.00. The normalized spacial score (nSPS) is 14.8. The molecule has 0 radical (unpaired) electrons. The fourth-order valence-electron chi connectivity index (χ4n) is 0.338. The zero-order valence-corrected chi connectivity index (χ0v) is 11.0. The summed E-state index contributed by atoms with van der Waals surface area (Å²) in [6, 6.07) is 0. The molecular weight excluding hydrogens is 332 g/mol. The Labute approximate surface area is 84.8 Å². The summed E-state index contributed by atoms with van der Waals surface area (Å²) >= 11 is -4.94. The van der Waals surface area contributed by atoms with E-state index in [-0.39, 0.29) is 0 Å². The van der Waals surface area contributed by atoms with Crippen molar-refractivity contribution in [3.63, 3.8) is 0 Å². The minimum absolute atomic E-state index is 4.94. The van der Waals surface area contributed by atoms with Crippen molar-refractivity contribution < 1.29 is 57.9 Å². The first-order valence-corrected chi connectivity index (χ1v) is 13.4. The Kier molecular flexibility index (Phi) is 3.87. The van der Waals surface area contributed by atoms with E-state index in [1.165, 1.54) is 0 Å². The molecule has 0 atom stereocenters. The van der Waals surface area contributed by atoms with Gasteiger partial charge < -0.3 is 0 Å². The van der Waals surface area contributed by atoms with Crippen molar-refractivity contribution in [2.45, 2.75) is 11.0 Å². The number of rotatable bonds is 2. The molecule has 0 saturated carbocycles. The number of halogens is 6. The summed E-state index contributed by atoms with van der Waals surface area (Å²) in [6.45, 7) is 0. The Balaban J connectivity index is 5.28. The summed E-state index contributed by atoms with van der Waals surface area (Å²) in [5.41, 5.74) is -11.9. The third-order valence-corrected chi connectivity index (χ3v) is 20.7. The first-order chi connectivity index (χ1) is 6.21. The van der Waals surface area contributed by atoms with E-state index in [4.69, 9.17) is 0 Å². The van der Waals surface area contributed by atoms with Gasteiger partial charge in [0, 0.05) is 0 Å². The van der Waals surface area contributed by atoms with Crippen LogP contribution in [0.1, 0.15) is 0 Å². The van der Waals surface area contributed by atoms with E-state index < -0.39 is 41.4 Å². The molecule has 15 heavy (non-hydrogen) atoms. The second-order valence-electron chi connectivity index (χ2n) is 2.24. The quantitative estimate of drug-likeness (QED) is 0.554. The molecule has 13 heteroatoms. The minimum atomic E-state index is -6.16. The molecule has 0 aliphatic rings. The van der Waals surface area contributed by atoms with Crippen molar-refractivity contribution in [3.05, 3.63) is 0 Å². The first kappa shape index (κ1) is 15.1. The van der Waals surface area contributed by atoms with Gasteiger partial charge in [0.2, 0.25) is 0 Å². The van der Waals surface area contributed by atoms with E-state index in [9.17, 15) is 43.2 Å². The van der Waals surface area contributed by atoms with Crippen molar-refractivity contribution in [2.24, 2.45) is 0 Å². The van der Waals surface area contributed by atoms with E-state index in [0.29, 0.717) is 0 Å². The predicted molar refractivity (Wildman–Crippen MR) is 29.9 cm³/mol. The Bertz CT molecular complexity index is 385. The van der Waals surface area contributed by atoms with E-state index in [0.717, 1.165) is 0 Å². The van der Waals surface area contributed by atoms with Gasteiger partial charge in [-0.05, 0) is 0 Å². The maximum atomic E-state index is 11.6. The van der Waals surface area contributed by atoms with Crippen LogP contribution in [0.25, 0.3) is 0 Å². The molecule has 0 heterocycles. The van der Waals surface area contributed by atoms with Crippen LogP contribution in [-0.2, 0) is 30.3 Å². The van der Waals surface area contributed by atoms with Crippen LogP contribution in [0, 0.1) is 0 Å². The zero-order chi connectivity index (χ0) is 12.7. The summed E-state index contributed by atoms with van der Waals surface area (Å²) in [5.74, 6) is 0. The zero-order valence-electron chi connectivity index (χ0n) is 6.42. The molecule has 88 valence electrons. The molecule has 0 amide bonds. The van der Waals surface area contributed by atoms with Gasteiger partial charge in [-0.15, -0.1) is 0 Å². The Morgan fingerprint density at radius 3 is 1.00 bits per heavy atom. The summed E-state index contributed by atoms with van der Waals surface area (Å²) in [5, 5.41) is 0. The molecule has 0 saturated heterocycles. The molecule has 4 nitrogen and oxygen atoms in total. The van der Waals surface area contributed by atoms with Crippen LogP contribution in [0.2, 0.25) is 0 Å². The number of hydrogen-bond acceptors (Lipinski definition) is 4. The average Bonchev–Trinajstić information content (AvgIpc) is 1.77. The summed E-state index contributed by atoms with van der Waals surface area (Å²) in [6.07, 6.45) is 0. The molecule has 0 spiro atoms. The average molecular weight is 332 g/mol. The van der Waals surface area contributed by atoms with Crippen molar-refractivity contribution in [3.8, 4) is 0 Å². The van der Waals surface area contributed by atoms with E-state index in [2.05, 4.69) is 0 Å². The van der Waals surface area contributed by atoms with Gasteiger partial charge in [0.1, 0.15) is 0 Å². The molecular formula is C2F6O4S2Zn. The number of alkyl halides is 6. The van der Waals surface area contributed by atoms with Gasteiger partial charge in [-0.25, -0.2) is 0 Å². The van der Waals surface area contributed by atoms with Gasteiger partial charge in [-0.3, -0.25) is 0 Å².